The summed E-state index contributed by atoms with van der Waals surface area (Å²) in [5.41, 5.74) is 0.773. The van der Waals surface area contributed by atoms with E-state index in [0.717, 1.165) is 5.69 Å². The fourth-order valence-corrected chi connectivity index (χ4v) is 4.05. The topological polar surface area (TPSA) is 78.4 Å². The van der Waals surface area contributed by atoms with Crippen molar-refractivity contribution < 1.29 is 13.5 Å². The van der Waals surface area contributed by atoms with Crippen LogP contribution in [0.15, 0.2) is 24.3 Å². The third kappa shape index (κ3) is 4.36. The number of phenols is 1. The van der Waals surface area contributed by atoms with Crippen molar-refractivity contribution in [2.24, 2.45) is 5.92 Å². The van der Waals surface area contributed by atoms with Gasteiger partial charge in [0.25, 0.3) is 0 Å². The number of phenolic OH excluding ortho intramolecular Hbond substituents is 1. The molecule has 1 aromatic rings. The fourth-order valence-electron chi connectivity index (χ4n) is 1.99. The van der Waals surface area contributed by atoms with E-state index in [1.807, 2.05) is 0 Å². The number of hydrogen-bond donors (Lipinski definition) is 3. The Morgan fingerprint density at radius 1 is 1.37 bits per heavy atom. The highest BCUT2D eigenvalue weighted by Gasteiger charge is 2.27. The van der Waals surface area contributed by atoms with Crippen molar-refractivity contribution in [2.45, 2.75) is 6.42 Å². The molecular weight excluding hydrogens is 284 g/mol. The number of thiocarbonyl (C=S) groups is 1. The first-order valence-corrected chi connectivity index (χ1v) is 8.22. The van der Waals surface area contributed by atoms with Crippen LogP contribution in [0.3, 0.4) is 0 Å². The standard InChI is InChI=1S/C12H16N2O3S2/c15-11-3-1-10(2-4-11)14-12(18)13-7-9-5-6-19(16,17)8-9/h1-4,9,15H,5-8H2,(H2,13,14,18). The first kappa shape index (κ1) is 14.1. The molecule has 1 aromatic carbocycles. The van der Waals surface area contributed by atoms with Crippen LogP contribution in [0, 0.1) is 5.92 Å². The Hall–Kier alpha value is -1.34. The molecule has 1 fully saturated rings. The molecule has 1 atom stereocenters. The van der Waals surface area contributed by atoms with Gasteiger partial charge >= 0.3 is 0 Å². The first-order valence-electron chi connectivity index (χ1n) is 5.99. The number of anilines is 1. The summed E-state index contributed by atoms with van der Waals surface area (Å²) in [5.74, 6) is 0.837. The van der Waals surface area contributed by atoms with Crippen LogP contribution in [0.5, 0.6) is 5.75 Å². The normalized spacial score (nSPS) is 20.9. The molecule has 0 aromatic heterocycles. The Balaban J connectivity index is 1.78. The Morgan fingerprint density at radius 2 is 2.05 bits per heavy atom. The molecule has 1 aliphatic heterocycles. The van der Waals surface area contributed by atoms with E-state index in [1.54, 1.807) is 24.3 Å². The van der Waals surface area contributed by atoms with Crippen LogP contribution in [0.4, 0.5) is 5.69 Å². The highest BCUT2D eigenvalue weighted by Crippen LogP contribution is 2.17. The van der Waals surface area contributed by atoms with Gasteiger partial charge in [0.05, 0.1) is 11.5 Å². The summed E-state index contributed by atoms with van der Waals surface area (Å²) >= 11 is 5.13. The van der Waals surface area contributed by atoms with Gasteiger partial charge in [-0.15, -0.1) is 0 Å². The lowest BCUT2D eigenvalue weighted by Crippen LogP contribution is -2.33. The van der Waals surface area contributed by atoms with Crippen molar-refractivity contribution in [3.8, 4) is 5.75 Å². The number of benzene rings is 1. The van der Waals surface area contributed by atoms with E-state index in [0.29, 0.717) is 18.1 Å². The molecule has 19 heavy (non-hydrogen) atoms. The SMILES string of the molecule is O=S1(=O)CCC(CNC(=S)Nc2ccc(O)cc2)C1. The van der Waals surface area contributed by atoms with Crippen molar-refractivity contribution in [3.63, 3.8) is 0 Å². The van der Waals surface area contributed by atoms with E-state index in [4.69, 9.17) is 17.3 Å². The Labute approximate surface area is 117 Å². The second kappa shape index (κ2) is 5.75. The lowest BCUT2D eigenvalue weighted by atomic mass is 10.1. The predicted molar refractivity (Wildman–Crippen MR) is 79.1 cm³/mol. The summed E-state index contributed by atoms with van der Waals surface area (Å²) in [4.78, 5) is 0. The third-order valence-electron chi connectivity index (χ3n) is 3.00. The van der Waals surface area contributed by atoms with Crippen molar-refractivity contribution in [1.82, 2.24) is 5.32 Å². The molecule has 1 aliphatic rings. The highest BCUT2D eigenvalue weighted by molar-refractivity contribution is 7.91. The smallest absolute Gasteiger partial charge is 0.170 e. The van der Waals surface area contributed by atoms with Crippen LogP contribution in [0.1, 0.15) is 6.42 Å². The van der Waals surface area contributed by atoms with Gasteiger partial charge in [-0.05, 0) is 48.8 Å². The maximum absolute atomic E-state index is 11.3. The highest BCUT2D eigenvalue weighted by atomic mass is 32.2. The van der Waals surface area contributed by atoms with Crippen LogP contribution >= 0.6 is 12.2 Å². The average Bonchev–Trinajstić information content (AvgIpc) is 2.69. The van der Waals surface area contributed by atoms with Crippen LogP contribution in [0.25, 0.3) is 0 Å². The molecular formula is C12H16N2O3S2. The van der Waals surface area contributed by atoms with Gasteiger partial charge in [0.15, 0.2) is 14.9 Å². The summed E-state index contributed by atoms with van der Waals surface area (Å²) < 4.78 is 22.6. The summed E-state index contributed by atoms with van der Waals surface area (Å²) in [6.45, 7) is 0.559. The number of sulfone groups is 1. The van der Waals surface area contributed by atoms with Crippen molar-refractivity contribution in [2.75, 3.05) is 23.4 Å². The minimum atomic E-state index is -2.84. The maximum atomic E-state index is 11.3. The van der Waals surface area contributed by atoms with Crippen LogP contribution in [-0.4, -0.2) is 36.7 Å². The zero-order valence-corrected chi connectivity index (χ0v) is 11.9. The number of rotatable bonds is 3. The van der Waals surface area contributed by atoms with E-state index in [1.165, 1.54) is 0 Å². The van der Waals surface area contributed by atoms with Crippen molar-refractivity contribution in [3.05, 3.63) is 24.3 Å². The lowest BCUT2D eigenvalue weighted by Gasteiger charge is -2.13. The molecule has 0 saturated carbocycles. The van der Waals surface area contributed by atoms with Crippen LogP contribution < -0.4 is 10.6 Å². The van der Waals surface area contributed by atoms with Crippen LogP contribution in [-0.2, 0) is 9.84 Å². The van der Waals surface area contributed by atoms with Crippen molar-refractivity contribution >= 4 is 32.9 Å². The molecule has 104 valence electrons. The van der Waals surface area contributed by atoms with Gasteiger partial charge in [0.1, 0.15) is 5.75 Å². The number of aromatic hydroxyl groups is 1. The zero-order chi connectivity index (χ0) is 13.9. The first-order chi connectivity index (χ1) is 8.94. The third-order valence-corrected chi connectivity index (χ3v) is 5.09. The molecule has 2 rings (SSSR count). The van der Waals surface area contributed by atoms with Gasteiger partial charge in [0, 0.05) is 12.2 Å². The molecule has 7 heteroatoms. The summed E-state index contributed by atoms with van der Waals surface area (Å²) in [6, 6.07) is 6.55. The van der Waals surface area contributed by atoms with Crippen molar-refractivity contribution in [1.29, 1.82) is 0 Å². The van der Waals surface area contributed by atoms with E-state index in [9.17, 15) is 8.42 Å². The van der Waals surface area contributed by atoms with Gasteiger partial charge in [0.2, 0.25) is 0 Å². The fraction of sp³-hybridized carbons (Fsp3) is 0.417. The van der Waals surface area contributed by atoms with E-state index < -0.39 is 9.84 Å². The van der Waals surface area contributed by atoms with E-state index in [-0.39, 0.29) is 23.2 Å². The second-order valence-corrected chi connectivity index (χ2v) is 7.29. The zero-order valence-electron chi connectivity index (χ0n) is 10.3. The molecule has 1 heterocycles. The summed E-state index contributed by atoms with van der Waals surface area (Å²) in [6.07, 6.45) is 0.692. The summed E-state index contributed by atoms with van der Waals surface area (Å²) in [7, 11) is -2.84. The monoisotopic (exact) mass is 300 g/mol. The molecule has 0 bridgehead atoms. The minimum Gasteiger partial charge on any atom is -0.508 e. The predicted octanol–water partition coefficient (Wildman–Crippen LogP) is 1.11. The number of nitrogens with one attached hydrogen (secondary N) is 2. The van der Waals surface area contributed by atoms with Gasteiger partial charge in [-0.2, -0.15) is 0 Å². The second-order valence-electron chi connectivity index (χ2n) is 4.65. The Kier molecular flexibility index (Phi) is 4.26. The van der Waals surface area contributed by atoms with Gasteiger partial charge in [-0.1, -0.05) is 0 Å². The maximum Gasteiger partial charge on any atom is 0.170 e. The minimum absolute atomic E-state index is 0.129. The summed E-state index contributed by atoms with van der Waals surface area (Å²) in [5, 5.41) is 15.6. The van der Waals surface area contributed by atoms with Crippen LogP contribution in [0.2, 0.25) is 0 Å². The average molecular weight is 300 g/mol. The molecule has 0 radical (unpaired) electrons. The molecule has 3 N–H and O–H groups in total. The quantitative estimate of drug-likeness (QED) is 0.573. The molecule has 1 saturated heterocycles. The number of hydrogen-bond acceptors (Lipinski definition) is 4. The lowest BCUT2D eigenvalue weighted by molar-refractivity contribution is 0.475. The van der Waals surface area contributed by atoms with Gasteiger partial charge in [-0.25, -0.2) is 8.42 Å². The van der Waals surface area contributed by atoms with Gasteiger partial charge < -0.3 is 15.7 Å². The van der Waals surface area contributed by atoms with E-state index in [2.05, 4.69) is 10.6 Å². The van der Waals surface area contributed by atoms with Gasteiger partial charge in [-0.3, -0.25) is 0 Å². The molecule has 1 unspecified atom stereocenters. The molecule has 5 nitrogen and oxygen atoms in total. The largest absolute Gasteiger partial charge is 0.508 e. The molecule has 0 spiro atoms. The molecule has 0 amide bonds. The molecule has 0 aliphatic carbocycles. The Bertz CT molecular complexity index is 555. The Morgan fingerprint density at radius 3 is 2.63 bits per heavy atom. The van der Waals surface area contributed by atoms with E-state index >= 15 is 0 Å².